The van der Waals surface area contributed by atoms with Crippen LogP contribution in [0.25, 0.3) is 0 Å². The van der Waals surface area contributed by atoms with Crippen LogP contribution in [-0.2, 0) is 21.6 Å². The van der Waals surface area contributed by atoms with E-state index >= 15 is 0 Å². The fraction of sp³-hybridized carbons (Fsp3) is 0.412. The van der Waals surface area contributed by atoms with Crippen LogP contribution in [0.3, 0.4) is 0 Å². The van der Waals surface area contributed by atoms with Gasteiger partial charge in [0, 0.05) is 5.41 Å². The zero-order valence-corrected chi connectivity index (χ0v) is 15.1. The molecule has 0 radical (unpaired) electrons. The van der Waals surface area contributed by atoms with E-state index in [0.29, 0.717) is 5.82 Å². The second-order valence-electron chi connectivity index (χ2n) is 6.46. The highest BCUT2D eigenvalue weighted by Gasteiger charge is 2.21. The zero-order valence-electron chi connectivity index (χ0n) is 15.1. The van der Waals surface area contributed by atoms with Gasteiger partial charge in [-0.2, -0.15) is 4.98 Å². The minimum Gasteiger partial charge on any atom is -0.493 e. The third-order valence-electron chi connectivity index (χ3n) is 3.23. The van der Waals surface area contributed by atoms with Crippen molar-refractivity contribution < 1.29 is 28.3 Å². The molecule has 0 spiro atoms. The number of ether oxygens (including phenoxy) is 3. The molecule has 0 aliphatic heterocycles. The number of primary amides is 1. The summed E-state index contributed by atoms with van der Waals surface area (Å²) in [5.41, 5.74) is 5.01. The highest BCUT2D eigenvalue weighted by Crippen LogP contribution is 2.28. The van der Waals surface area contributed by atoms with Crippen molar-refractivity contribution >= 4 is 11.9 Å². The van der Waals surface area contributed by atoms with E-state index in [1.165, 1.54) is 25.3 Å². The number of methoxy groups -OCH3 is 1. The molecule has 0 aliphatic carbocycles. The molecule has 9 heteroatoms. The molecule has 0 bridgehead atoms. The van der Waals surface area contributed by atoms with Crippen LogP contribution in [0, 0.1) is 0 Å². The number of carbonyl (C=O) groups is 2. The van der Waals surface area contributed by atoms with Crippen molar-refractivity contribution in [3.8, 4) is 11.5 Å². The van der Waals surface area contributed by atoms with Crippen LogP contribution in [0.5, 0.6) is 11.5 Å². The second-order valence-corrected chi connectivity index (χ2v) is 6.46. The molecule has 140 valence electrons. The topological polar surface area (TPSA) is 127 Å². The van der Waals surface area contributed by atoms with Crippen LogP contribution in [0.15, 0.2) is 22.7 Å². The number of amides is 1. The van der Waals surface area contributed by atoms with Crippen LogP contribution in [0.2, 0.25) is 0 Å². The van der Waals surface area contributed by atoms with E-state index in [4.69, 9.17) is 24.5 Å². The number of benzene rings is 1. The van der Waals surface area contributed by atoms with E-state index in [0.717, 1.165) is 0 Å². The van der Waals surface area contributed by atoms with Gasteiger partial charge in [0.1, 0.15) is 0 Å². The molecule has 1 amide bonds. The van der Waals surface area contributed by atoms with Gasteiger partial charge >= 0.3 is 5.97 Å². The summed E-state index contributed by atoms with van der Waals surface area (Å²) in [6, 6.07) is 4.41. The first kappa shape index (κ1) is 19.2. The van der Waals surface area contributed by atoms with E-state index in [2.05, 4.69) is 10.1 Å². The molecule has 9 nitrogen and oxygen atoms in total. The molecule has 1 aromatic carbocycles. The van der Waals surface area contributed by atoms with E-state index in [1.807, 2.05) is 20.8 Å². The van der Waals surface area contributed by atoms with Crippen molar-refractivity contribution in [1.82, 2.24) is 10.1 Å². The molecule has 0 unspecified atom stereocenters. The Kier molecular flexibility index (Phi) is 5.81. The first-order valence-corrected chi connectivity index (χ1v) is 7.80. The highest BCUT2D eigenvalue weighted by atomic mass is 16.6. The number of esters is 1. The van der Waals surface area contributed by atoms with Crippen molar-refractivity contribution in [3.63, 3.8) is 0 Å². The average molecular weight is 363 g/mol. The summed E-state index contributed by atoms with van der Waals surface area (Å²) < 4.78 is 20.6. The van der Waals surface area contributed by atoms with Crippen LogP contribution in [-0.4, -0.2) is 35.7 Å². The van der Waals surface area contributed by atoms with Crippen LogP contribution in [0.1, 0.15) is 42.8 Å². The normalized spacial score (nSPS) is 11.1. The maximum absolute atomic E-state index is 12.2. The number of nitrogens with zero attached hydrogens (tertiary/aromatic N) is 2. The summed E-state index contributed by atoms with van der Waals surface area (Å²) in [6.07, 6.45) is 0. The predicted molar refractivity (Wildman–Crippen MR) is 89.8 cm³/mol. The number of carbonyl (C=O) groups excluding carboxylic acids is 2. The lowest BCUT2D eigenvalue weighted by atomic mass is 9.96. The quantitative estimate of drug-likeness (QED) is 0.735. The molecule has 0 saturated heterocycles. The van der Waals surface area contributed by atoms with E-state index in [-0.39, 0.29) is 41.6 Å². The fourth-order valence-corrected chi connectivity index (χ4v) is 1.89. The van der Waals surface area contributed by atoms with Gasteiger partial charge in [0.25, 0.3) is 11.8 Å². The number of nitrogens with two attached hydrogens (primary N) is 1. The van der Waals surface area contributed by atoms with Gasteiger partial charge in [0.2, 0.25) is 0 Å². The third kappa shape index (κ3) is 4.95. The minimum atomic E-state index is -0.621. The summed E-state index contributed by atoms with van der Waals surface area (Å²) >= 11 is 0. The molecule has 0 atom stereocenters. The van der Waals surface area contributed by atoms with Gasteiger partial charge in [0.05, 0.1) is 12.7 Å². The molecule has 2 aromatic rings. The molecule has 0 saturated carbocycles. The average Bonchev–Trinajstić information content (AvgIpc) is 3.07. The van der Waals surface area contributed by atoms with Gasteiger partial charge in [-0.1, -0.05) is 25.9 Å². The number of hydrogen-bond acceptors (Lipinski definition) is 8. The van der Waals surface area contributed by atoms with Crippen molar-refractivity contribution in [2.24, 2.45) is 5.73 Å². The molecular formula is C17H21N3O6. The van der Waals surface area contributed by atoms with E-state index in [1.54, 1.807) is 0 Å². The summed E-state index contributed by atoms with van der Waals surface area (Å²) in [5, 5.41) is 3.86. The van der Waals surface area contributed by atoms with Crippen molar-refractivity contribution in [1.29, 1.82) is 0 Å². The summed E-state index contributed by atoms with van der Waals surface area (Å²) in [4.78, 5) is 27.2. The largest absolute Gasteiger partial charge is 0.493 e. The molecule has 26 heavy (non-hydrogen) atoms. The van der Waals surface area contributed by atoms with Crippen LogP contribution >= 0.6 is 0 Å². The predicted octanol–water partition coefficient (Wildman–Crippen LogP) is 1.60. The standard InChI is InChI=1S/C17H21N3O6/c1-17(2,3)16-19-14(26-20-16)9-25-15(22)10-5-6-11(12(7-10)23-4)24-8-13(18)21/h5-7H,8-9H2,1-4H3,(H2,18,21). The van der Waals surface area contributed by atoms with Crippen molar-refractivity contribution in [2.75, 3.05) is 13.7 Å². The molecule has 2 N–H and O–H groups in total. The van der Waals surface area contributed by atoms with Crippen LogP contribution in [0.4, 0.5) is 0 Å². The van der Waals surface area contributed by atoms with Gasteiger partial charge in [-0.15, -0.1) is 0 Å². The lowest BCUT2D eigenvalue weighted by Crippen LogP contribution is -2.20. The molecule has 0 aliphatic rings. The summed E-state index contributed by atoms with van der Waals surface area (Å²) in [6.45, 7) is 5.39. The monoisotopic (exact) mass is 363 g/mol. The summed E-state index contributed by atoms with van der Waals surface area (Å²) in [5.74, 6) is 0.0749. The van der Waals surface area contributed by atoms with E-state index < -0.39 is 11.9 Å². The Morgan fingerprint density at radius 1 is 1.23 bits per heavy atom. The number of rotatable bonds is 7. The number of aromatic nitrogens is 2. The molecule has 0 fully saturated rings. The van der Waals surface area contributed by atoms with Gasteiger partial charge in [0.15, 0.2) is 30.5 Å². The first-order valence-electron chi connectivity index (χ1n) is 7.80. The molecule has 1 aromatic heterocycles. The van der Waals surface area contributed by atoms with Crippen molar-refractivity contribution in [2.45, 2.75) is 32.8 Å². The third-order valence-corrected chi connectivity index (χ3v) is 3.23. The van der Waals surface area contributed by atoms with Gasteiger partial charge in [-0.25, -0.2) is 4.79 Å². The molecular weight excluding hydrogens is 342 g/mol. The summed E-state index contributed by atoms with van der Waals surface area (Å²) in [7, 11) is 1.41. The Balaban J connectivity index is 2.02. The van der Waals surface area contributed by atoms with Gasteiger partial charge < -0.3 is 24.5 Å². The Hall–Kier alpha value is -3.10. The zero-order chi connectivity index (χ0) is 19.3. The lowest BCUT2D eigenvalue weighted by Gasteiger charge is -2.11. The smallest absolute Gasteiger partial charge is 0.338 e. The second kappa shape index (κ2) is 7.85. The van der Waals surface area contributed by atoms with Crippen molar-refractivity contribution in [3.05, 3.63) is 35.5 Å². The van der Waals surface area contributed by atoms with Gasteiger partial charge in [-0.05, 0) is 18.2 Å². The maximum Gasteiger partial charge on any atom is 0.338 e. The number of hydrogen-bond donors (Lipinski definition) is 1. The van der Waals surface area contributed by atoms with Crippen LogP contribution < -0.4 is 15.2 Å². The fourth-order valence-electron chi connectivity index (χ4n) is 1.89. The minimum absolute atomic E-state index is 0.149. The SMILES string of the molecule is COc1cc(C(=O)OCc2nc(C(C)(C)C)no2)ccc1OCC(N)=O. The Labute approximate surface area is 150 Å². The Morgan fingerprint density at radius 3 is 2.54 bits per heavy atom. The lowest BCUT2D eigenvalue weighted by molar-refractivity contribution is -0.119. The molecule has 2 rings (SSSR count). The van der Waals surface area contributed by atoms with Gasteiger partial charge in [-0.3, -0.25) is 4.79 Å². The Morgan fingerprint density at radius 2 is 1.96 bits per heavy atom. The first-order chi connectivity index (χ1) is 12.2. The molecule has 1 heterocycles. The maximum atomic E-state index is 12.2. The van der Waals surface area contributed by atoms with E-state index in [9.17, 15) is 9.59 Å². The Bertz CT molecular complexity index is 794. The highest BCUT2D eigenvalue weighted by molar-refractivity contribution is 5.90.